The number of hydrogen-bond donors (Lipinski definition) is 0. The van der Waals surface area contributed by atoms with Crippen molar-refractivity contribution in [3.05, 3.63) is 65.2 Å². The molecule has 0 N–H and O–H groups in total. The third kappa shape index (κ3) is 5.84. The number of aromatic nitrogens is 3. The van der Waals surface area contributed by atoms with Gasteiger partial charge in [0.25, 0.3) is 0 Å². The van der Waals surface area contributed by atoms with Crippen LogP contribution in [0.25, 0.3) is 11.4 Å². The molecule has 8 heteroatoms. The molecule has 0 atom stereocenters. The largest absolute Gasteiger partial charge is 0.385 e. The van der Waals surface area contributed by atoms with Crippen LogP contribution in [0.2, 0.25) is 5.02 Å². The van der Waals surface area contributed by atoms with Gasteiger partial charge in [-0.25, -0.2) is 0 Å². The summed E-state index contributed by atoms with van der Waals surface area (Å²) in [5, 5.41) is 10.0. The molecule has 0 aliphatic heterocycles. The molecule has 158 valence electrons. The van der Waals surface area contributed by atoms with Gasteiger partial charge in [-0.2, -0.15) is 0 Å². The van der Waals surface area contributed by atoms with E-state index in [1.807, 2.05) is 66.2 Å². The Bertz CT molecular complexity index is 965. The minimum Gasteiger partial charge on any atom is -0.385 e. The quantitative estimate of drug-likeness (QED) is 0.343. The van der Waals surface area contributed by atoms with Crippen LogP contribution < -0.4 is 0 Å². The van der Waals surface area contributed by atoms with Crippen LogP contribution in [0.4, 0.5) is 0 Å². The van der Waals surface area contributed by atoms with E-state index in [-0.39, 0.29) is 11.7 Å². The molecule has 0 spiro atoms. The average Bonchev–Trinajstić information content (AvgIpc) is 3.15. The highest BCUT2D eigenvalue weighted by molar-refractivity contribution is 7.99. The van der Waals surface area contributed by atoms with Gasteiger partial charge in [-0.3, -0.25) is 4.79 Å². The van der Waals surface area contributed by atoms with E-state index in [1.165, 1.54) is 11.8 Å². The number of halogens is 1. The summed E-state index contributed by atoms with van der Waals surface area (Å²) in [5.74, 6) is 1.02. The first-order valence-corrected chi connectivity index (χ1v) is 11.0. The molecule has 0 fully saturated rings. The SMILES string of the molecule is COCCCn1c(SCC(=O)N(C)Cc2ccccc2)nnc1-c1ccccc1Cl. The van der Waals surface area contributed by atoms with Crippen LogP contribution in [-0.2, 0) is 22.6 Å². The maximum absolute atomic E-state index is 12.6. The van der Waals surface area contributed by atoms with Crippen LogP contribution >= 0.6 is 23.4 Å². The summed E-state index contributed by atoms with van der Waals surface area (Å²) in [6, 6.07) is 17.5. The monoisotopic (exact) mass is 444 g/mol. The van der Waals surface area contributed by atoms with Crippen molar-refractivity contribution in [2.75, 3.05) is 26.5 Å². The van der Waals surface area contributed by atoms with Gasteiger partial charge in [-0.05, 0) is 24.1 Å². The second-order valence-electron chi connectivity index (χ2n) is 6.81. The zero-order chi connectivity index (χ0) is 21.3. The Morgan fingerprint density at radius 3 is 2.60 bits per heavy atom. The van der Waals surface area contributed by atoms with E-state index in [1.54, 1.807) is 12.0 Å². The highest BCUT2D eigenvalue weighted by atomic mass is 35.5. The Kier molecular flexibility index (Phi) is 8.30. The maximum atomic E-state index is 12.6. The number of methoxy groups -OCH3 is 1. The molecule has 1 aromatic heterocycles. The van der Waals surface area contributed by atoms with Crippen LogP contribution in [0.1, 0.15) is 12.0 Å². The Labute approximate surface area is 186 Å². The van der Waals surface area contributed by atoms with Gasteiger partial charge in [0.15, 0.2) is 11.0 Å². The summed E-state index contributed by atoms with van der Waals surface area (Å²) in [5.41, 5.74) is 1.92. The number of hydrogen-bond acceptors (Lipinski definition) is 5. The van der Waals surface area contributed by atoms with E-state index in [2.05, 4.69) is 10.2 Å². The normalized spacial score (nSPS) is 10.9. The number of carbonyl (C=O) groups is 1. The summed E-state index contributed by atoms with van der Waals surface area (Å²) in [6.45, 7) is 1.88. The first-order valence-electron chi connectivity index (χ1n) is 9.68. The van der Waals surface area contributed by atoms with Crippen molar-refractivity contribution in [1.29, 1.82) is 0 Å². The van der Waals surface area contributed by atoms with Gasteiger partial charge in [0, 0.05) is 39.4 Å². The third-order valence-corrected chi connectivity index (χ3v) is 5.86. The molecule has 0 aliphatic carbocycles. The summed E-state index contributed by atoms with van der Waals surface area (Å²) in [4.78, 5) is 14.4. The van der Waals surface area contributed by atoms with Crippen LogP contribution in [0.15, 0.2) is 59.8 Å². The zero-order valence-corrected chi connectivity index (χ0v) is 18.7. The van der Waals surface area contributed by atoms with Crippen molar-refractivity contribution in [1.82, 2.24) is 19.7 Å². The van der Waals surface area contributed by atoms with Gasteiger partial charge in [-0.1, -0.05) is 65.8 Å². The fraction of sp³-hybridized carbons (Fsp3) is 0.318. The van der Waals surface area contributed by atoms with E-state index in [4.69, 9.17) is 16.3 Å². The minimum atomic E-state index is 0.0367. The van der Waals surface area contributed by atoms with Crippen molar-refractivity contribution in [2.45, 2.75) is 24.7 Å². The van der Waals surface area contributed by atoms with Crippen molar-refractivity contribution in [3.8, 4) is 11.4 Å². The number of nitrogens with zero attached hydrogens (tertiary/aromatic N) is 4. The molecule has 0 saturated heterocycles. The molecule has 3 aromatic rings. The average molecular weight is 445 g/mol. The molecule has 1 heterocycles. The number of benzene rings is 2. The van der Waals surface area contributed by atoms with Crippen LogP contribution in [0.5, 0.6) is 0 Å². The Morgan fingerprint density at radius 2 is 1.87 bits per heavy atom. The van der Waals surface area contributed by atoms with Crippen LogP contribution in [0.3, 0.4) is 0 Å². The van der Waals surface area contributed by atoms with E-state index in [0.717, 1.165) is 17.5 Å². The third-order valence-electron chi connectivity index (χ3n) is 4.57. The minimum absolute atomic E-state index is 0.0367. The number of ether oxygens (including phenoxy) is 1. The highest BCUT2D eigenvalue weighted by Crippen LogP contribution is 2.29. The molecular weight excluding hydrogens is 420 g/mol. The first-order chi connectivity index (χ1) is 14.6. The maximum Gasteiger partial charge on any atom is 0.233 e. The molecule has 0 aliphatic rings. The molecule has 2 aromatic carbocycles. The molecule has 6 nitrogen and oxygen atoms in total. The molecule has 0 saturated carbocycles. The molecule has 1 amide bonds. The second-order valence-corrected chi connectivity index (χ2v) is 8.16. The first kappa shape index (κ1) is 22.3. The Balaban J connectivity index is 1.71. The summed E-state index contributed by atoms with van der Waals surface area (Å²) in [7, 11) is 3.49. The van der Waals surface area contributed by atoms with Gasteiger partial charge in [0.2, 0.25) is 5.91 Å². The summed E-state index contributed by atoms with van der Waals surface area (Å²) < 4.78 is 7.20. The molecule has 30 heavy (non-hydrogen) atoms. The molecular formula is C22H25ClN4O2S. The standard InChI is InChI=1S/C22H25ClN4O2S/c1-26(15-17-9-4-3-5-10-17)20(28)16-30-22-25-24-21(27(22)13-8-14-29-2)18-11-6-7-12-19(18)23/h3-7,9-12H,8,13-16H2,1-2H3. The number of amides is 1. The zero-order valence-electron chi connectivity index (χ0n) is 17.1. The predicted octanol–water partition coefficient (Wildman–Crippen LogP) is 4.39. The molecule has 0 unspecified atom stereocenters. The van der Waals surface area contributed by atoms with Crippen molar-refractivity contribution in [2.24, 2.45) is 0 Å². The second kappa shape index (κ2) is 11.2. The van der Waals surface area contributed by atoms with Gasteiger partial charge < -0.3 is 14.2 Å². The fourth-order valence-corrected chi connectivity index (χ4v) is 4.11. The van der Waals surface area contributed by atoms with Gasteiger partial charge in [0.05, 0.1) is 10.8 Å². The van der Waals surface area contributed by atoms with Crippen molar-refractivity contribution >= 4 is 29.3 Å². The molecule has 0 radical (unpaired) electrons. The lowest BCUT2D eigenvalue weighted by Gasteiger charge is -2.17. The Hall–Kier alpha value is -2.35. The Morgan fingerprint density at radius 1 is 1.13 bits per heavy atom. The molecule has 0 bridgehead atoms. The lowest BCUT2D eigenvalue weighted by Crippen LogP contribution is -2.27. The van der Waals surface area contributed by atoms with E-state index >= 15 is 0 Å². The smallest absolute Gasteiger partial charge is 0.233 e. The van der Waals surface area contributed by atoms with Gasteiger partial charge in [-0.15, -0.1) is 10.2 Å². The van der Waals surface area contributed by atoms with Crippen molar-refractivity contribution in [3.63, 3.8) is 0 Å². The van der Waals surface area contributed by atoms with Crippen LogP contribution in [0, 0.1) is 0 Å². The number of thioether (sulfide) groups is 1. The van der Waals surface area contributed by atoms with Gasteiger partial charge >= 0.3 is 0 Å². The van der Waals surface area contributed by atoms with Gasteiger partial charge in [0.1, 0.15) is 0 Å². The number of carbonyl (C=O) groups excluding carboxylic acids is 1. The van der Waals surface area contributed by atoms with E-state index in [0.29, 0.717) is 35.7 Å². The number of rotatable bonds is 10. The topological polar surface area (TPSA) is 60.2 Å². The summed E-state index contributed by atoms with van der Waals surface area (Å²) in [6.07, 6.45) is 0.807. The summed E-state index contributed by atoms with van der Waals surface area (Å²) >= 11 is 7.76. The molecule has 3 rings (SSSR count). The van der Waals surface area contributed by atoms with Crippen molar-refractivity contribution < 1.29 is 9.53 Å². The predicted molar refractivity (Wildman–Crippen MR) is 121 cm³/mol. The lowest BCUT2D eigenvalue weighted by molar-refractivity contribution is -0.127. The van der Waals surface area contributed by atoms with E-state index in [9.17, 15) is 4.79 Å². The van der Waals surface area contributed by atoms with E-state index < -0.39 is 0 Å². The lowest BCUT2D eigenvalue weighted by atomic mass is 10.2. The van der Waals surface area contributed by atoms with Crippen LogP contribution in [-0.4, -0.2) is 52.1 Å². The fourth-order valence-electron chi connectivity index (χ4n) is 2.99. The highest BCUT2D eigenvalue weighted by Gasteiger charge is 2.18.